The smallest absolute Gasteiger partial charge is 0.206 e. The van der Waals surface area contributed by atoms with Crippen LogP contribution in [0.2, 0.25) is 0 Å². The van der Waals surface area contributed by atoms with E-state index in [4.69, 9.17) is 0 Å². The Kier molecular flexibility index (Phi) is 6.29. The van der Waals surface area contributed by atoms with E-state index in [9.17, 15) is 4.39 Å². The second-order valence-corrected chi connectivity index (χ2v) is 3.52. The molecule has 0 aliphatic rings. The van der Waals surface area contributed by atoms with Gasteiger partial charge in [-0.3, -0.25) is 0 Å². The average Bonchev–Trinajstić information content (AvgIpc) is 2.29. The van der Waals surface area contributed by atoms with Gasteiger partial charge in [0.2, 0.25) is 0 Å². The van der Waals surface area contributed by atoms with Gasteiger partial charge in [0.05, 0.1) is 5.56 Å². The summed E-state index contributed by atoms with van der Waals surface area (Å²) in [4.78, 5) is 0. The van der Waals surface area contributed by atoms with Crippen LogP contribution in [0.3, 0.4) is 0 Å². The molecule has 0 aliphatic carbocycles. The molecule has 0 saturated carbocycles. The fraction of sp³-hybridized carbons (Fsp3) is 0.0667. The zero-order chi connectivity index (χ0) is 11.4. The van der Waals surface area contributed by atoms with Crippen molar-refractivity contribution in [3.05, 3.63) is 71.0 Å². The van der Waals surface area contributed by atoms with Crippen molar-refractivity contribution in [2.75, 3.05) is 0 Å². The molecule has 2 rings (SSSR count). The summed E-state index contributed by atoms with van der Waals surface area (Å²) in [5, 5.41) is 0. The van der Waals surface area contributed by atoms with Crippen LogP contribution in [-0.2, 0) is 0 Å². The van der Waals surface area contributed by atoms with Crippen LogP contribution in [0.5, 0.6) is 0 Å². The van der Waals surface area contributed by atoms with E-state index in [0.717, 1.165) is 11.1 Å². The molecule has 17 heavy (non-hydrogen) atoms. The first-order valence-corrected chi connectivity index (χ1v) is 5.00. The van der Waals surface area contributed by atoms with E-state index in [0.29, 0.717) is 5.56 Å². The van der Waals surface area contributed by atoms with E-state index in [1.54, 1.807) is 18.2 Å². The molecule has 0 saturated heterocycles. The molecule has 78 valence electrons. The van der Waals surface area contributed by atoms with Gasteiger partial charge in [-0.2, -0.15) is 30.3 Å². The maximum atomic E-state index is 13.4. The molecule has 0 spiro atoms. The van der Waals surface area contributed by atoms with Crippen LogP contribution in [0.1, 0.15) is 16.7 Å². The van der Waals surface area contributed by atoms with E-state index < -0.39 is 0 Å². The van der Waals surface area contributed by atoms with E-state index in [2.05, 4.69) is 17.9 Å². The van der Waals surface area contributed by atoms with Crippen LogP contribution in [0.4, 0.5) is 4.39 Å². The molecule has 0 fully saturated rings. The van der Waals surface area contributed by atoms with Crippen LogP contribution >= 0.6 is 0 Å². The molecule has 0 heterocycles. The van der Waals surface area contributed by atoms with Gasteiger partial charge in [0.15, 0.2) is 0 Å². The Morgan fingerprint density at radius 1 is 1.06 bits per heavy atom. The van der Waals surface area contributed by atoms with Gasteiger partial charge in [-0.05, 0) is 24.6 Å². The van der Waals surface area contributed by atoms with Crippen molar-refractivity contribution in [3.8, 4) is 11.8 Å². The SMILES string of the molecule is Cc1ccc(C#Cc2cc[c-]cc2)c(F)c1.[Rb+]. The van der Waals surface area contributed by atoms with Crippen LogP contribution in [0.25, 0.3) is 0 Å². The Hall–Kier alpha value is -0.265. The summed E-state index contributed by atoms with van der Waals surface area (Å²) in [5.74, 6) is 5.46. The van der Waals surface area contributed by atoms with Gasteiger partial charge in [-0.1, -0.05) is 23.5 Å². The van der Waals surface area contributed by atoms with Crippen molar-refractivity contribution in [2.24, 2.45) is 0 Å². The van der Waals surface area contributed by atoms with Crippen molar-refractivity contribution < 1.29 is 62.6 Å². The number of hydrogen-bond donors (Lipinski definition) is 0. The third-order valence-electron chi connectivity index (χ3n) is 2.18. The molecular weight excluding hydrogens is 285 g/mol. The van der Waals surface area contributed by atoms with Gasteiger partial charge in [0, 0.05) is 0 Å². The molecule has 0 aliphatic heterocycles. The van der Waals surface area contributed by atoms with E-state index in [1.165, 1.54) is 6.07 Å². The van der Waals surface area contributed by atoms with Crippen molar-refractivity contribution >= 4 is 0 Å². The van der Waals surface area contributed by atoms with E-state index in [-0.39, 0.29) is 64.0 Å². The summed E-state index contributed by atoms with van der Waals surface area (Å²) in [6.45, 7) is 1.85. The normalized spacial score (nSPS) is 8.82. The molecule has 0 unspecified atom stereocenters. The molecule has 2 aromatic rings. The third kappa shape index (κ3) is 4.48. The molecule has 0 bridgehead atoms. The Morgan fingerprint density at radius 3 is 2.41 bits per heavy atom. The number of aryl methyl sites for hydroxylation is 1. The zero-order valence-electron chi connectivity index (χ0n) is 9.92. The second-order valence-electron chi connectivity index (χ2n) is 3.52. The van der Waals surface area contributed by atoms with Gasteiger partial charge in [-0.15, -0.1) is 0 Å². The summed E-state index contributed by atoms with van der Waals surface area (Å²) in [7, 11) is 0. The van der Waals surface area contributed by atoms with Crippen molar-refractivity contribution in [2.45, 2.75) is 6.92 Å². The largest absolute Gasteiger partial charge is 1.00 e. The van der Waals surface area contributed by atoms with Crippen LogP contribution in [0, 0.1) is 30.6 Å². The maximum absolute atomic E-state index is 13.4. The summed E-state index contributed by atoms with van der Waals surface area (Å²) < 4.78 is 13.4. The third-order valence-corrected chi connectivity index (χ3v) is 2.18. The predicted octanol–water partition coefficient (Wildman–Crippen LogP) is 0.338. The minimum absolute atomic E-state index is 0. The van der Waals surface area contributed by atoms with Crippen LogP contribution in [-0.4, -0.2) is 0 Å². The first kappa shape index (κ1) is 14.8. The molecule has 0 amide bonds. The number of benzene rings is 2. The Labute approximate surface area is 150 Å². The first-order chi connectivity index (χ1) is 7.75. The van der Waals surface area contributed by atoms with Crippen molar-refractivity contribution in [1.82, 2.24) is 0 Å². The van der Waals surface area contributed by atoms with Crippen molar-refractivity contribution in [1.29, 1.82) is 0 Å². The molecule has 0 nitrogen and oxygen atoms in total. The Morgan fingerprint density at radius 2 is 1.76 bits per heavy atom. The van der Waals surface area contributed by atoms with E-state index in [1.807, 2.05) is 25.1 Å². The van der Waals surface area contributed by atoms with E-state index >= 15 is 0 Å². The molecular formula is C15H10FRb. The zero-order valence-corrected chi connectivity index (χ0v) is 14.8. The molecule has 0 N–H and O–H groups in total. The monoisotopic (exact) mass is 294 g/mol. The summed E-state index contributed by atoms with van der Waals surface area (Å²) in [6.07, 6.45) is 0. The Bertz CT molecular complexity index is 550. The maximum Gasteiger partial charge on any atom is 1.00 e. The molecule has 0 radical (unpaired) electrons. The minimum Gasteiger partial charge on any atom is -0.206 e. The Balaban J connectivity index is 0.00000144. The molecule has 0 atom stereocenters. The fourth-order valence-electron chi connectivity index (χ4n) is 1.33. The van der Waals surface area contributed by atoms with Crippen LogP contribution in [0.15, 0.2) is 42.5 Å². The number of halogens is 1. The quantitative estimate of drug-likeness (QED) is 0.485. The molecule has 2 heteroatoms. The summed E-state index contributed by atoms with van der Waals surface area (Å²) in [5.41, 5.74) is 2.19. The average molecular weight is 295 g/mol. The number of rotatable bonds is 0. The second kappa shape index (κ2) is 7.23. The first-order valence-electron chi connectivity index (χ1n) is 5.00. The van der Waals surface area contributed by atoms with Gasteiger partial charge in [0.25, 0.3) is 0 Å². The topological polar surface area (TPSA) is 0 Å². The van der Waals surface area contributed by atoms with Crippen molar-refractivity contribution in [3.63, 3.8) is 0 Å². The van der Waals surface area contributed by atoms with Gasteiger partial charge < -0.3 is 0 Å². The number of hydrogen-bond acceptors (Lipinski definition) is 0. The van der Waals surface area contributed by atoms with Gasteiger partial charge in [0.1, 0.15) is 5.82 Å². The fourth-order valence-corrected chi connectivity index (χ4v) is 1.33. The minimum atomic E-state index is -0.269. The van der Waals surface area contributed by atoms with Gasteiger partial charge >= 0.3 is 58.2 Å². The standard InChI is InChI=1S/C15H10F.Rb/c1-12-7-9-14(15(16)11-12)10-8-13-5-3-2-4-6-13;/h3-7,9,11H,1H3;/q-1;+1. The van der Waals surface area contributed by atoms with Crippen LogP contribution < -0.4 is 58.2 Å². The summed E-state index contributed by atoms with van der Waals surface area (Å²) in [6, 6.07) is 15.2. The summed E-state index contributed by atoms with van der Waals surface area (Å²) >= 11 is 0. The molecule has 0 aromatic heterocycles. The predicted molar refractivity (Wildman–Crippen MR) is 62.4 cm³/mol. The van der Waals surface area contributed by atoms with Gasteiger partial charge in [-0.25, -0.2) is 4.39 Å². The molecule has 2 aromatic carbocycles.